The molecule has 0 saturated carbocycles. The third kappa shape index (κ3) is 7.54. The van der Waals surface area contributed by atoms with Crippen LogP contribution >= 0.6 is 15.9 Å². The van der Waals surface area contributed by atoms with E-state index in [1.165, 1.54) is 5.56 Å². The molecule has 160 valence electrons. The molecule has 1 fully saturated rings. The molecule has 1 aliphatic heterocycles. The van der Waals surface area contributed by atoms with Gasteiger partial charge in [-0.1, -0.05) is 46.3 Å². The first kappa shape index (κ1) is 23.5. The van der Waals surface area contributed by atoms with Crippen molar-refractivity contribution in [2.45, 2.75) is 13.1 Å². The van der Waals surface area contributed by atoms with Crippen molar-refractivity contribution in [3.63, 3.8) is 0 Å². The number of aliphatic carboxylic acids is 2. The van der Waals surface area contributed by atoms with Gasteiger partial charge in [-0.25, -0.2) is 9.59 Å². The van der Waals surface area contributed by atoms with Gasteiger partial charge in [0.05, 0.1) is 4.92 Å². The minimum absolute atomic E-state index is 0.167. The van der Waals surface area contributed by atoms with E-state index in [1.54, 1.807) is 18.2 Å². The smallest absolute Gasteiger partial charge is 0.414 e. The van der Waals surface area contributed by atoms with Gasteiger partial charge in [0.2, 0.25) is 0 Å². The van der Waals surface area contributed by atoms with Gasteiger partial charge in [-0.2, -0.15) is 0 Å². The molecule has 1 heterocycles. The predicted molar refractivity (Wildman–Crippen MR) is 113 cm³/mol. The molecule has 1 saturated heterocycles. The van der Waals surface area contributed by atoms with E-state index < -0.39 is 11.9 Å². The highest BCUT2D eigenvalue weighted by Crippen LogP contribution is 2.19. The highest BCUT2D eigenvalue weighted by atomic mass is 79.9. The molecule has 0 atom stereocenters. The Balaban J connectivity index is 0.000000469. The molecule has 3 rings (SSSR count). The van der Waals surface area contributed by atoms with Gasteiger partial charge in [-0.15, -0.1) is 0 Å². The summed E-state index contributed by atoms with van der Waals surface area (Å²) in [5.74, 6) is -3.65. The lowest BCUT2D eigenvalue weighted by Gasteiger charge is -2.34. The standard InChI is InChI=1S/C18H20BrN3O2.C2H2O4/c19-18-7-2-1-5-16(18)14-21-10-8-20(9-11-21)13-15-4-3-6-17(12-15)22(23)24;3-1(4)2(5)6/h1-7,12H,8-11,13-14H2;(H,3,4)(H,5,6). The van der Waals surface area contributed by atoms with Crippen LogP contribution in [-0.2, 0) is 22.7 Å². The number of nitrogens with zero attached hydrogens (tertiary/aromatic N) is 3. The van der Waals surface area contributed by atoms with E-state index >= 15 is 0 Å². The fourth-order valence-corrected chi connectivity index (χ4v) is 3.41. The molecule has 0 unspecified atom stereocenters. The van der Waals surface area contributed by atoms with E-state index in [0.29, 0.717) is 0 Å². The van der Waals surface area contributed by atoms with Gasteiger partial charge in [-0.3, -0.25) is 19.9 Å². The number of piperazine rings is 1. The summed E-state index contributed by atoms with van der Waals surface area (Å²) >= 11 is 3.61. The number of hydrogen-bond acceptors (Lipinski definition) is 6. The summed E-state index contributed by atoms with van der Waals surface area (Å²) in [6.45, 7) is 5.70. The Hall–Kier alpha value is -2.82. The number of nitro groups is 1. The molecule has 1 aliphatic rings. The van der Waals surface area contributed by atoms with Crippen molar-refractivity contribution in [1.29, 1.82) is 0 Å². The molecule has 0 bridgehead atoms. The van der Waals surface area contributed by atoms with Gasteiger partial charge in [0, 0.05) is 55.9 Å². The predicted octanol–water partition coefficient (Wildman–Crippen LogP) is 2.83. The second-order valence-electron chi connectivity index (χ2n) is 6.68. The van der Waals surface area contributed by atoms with Crippen LogP contribution in [0.3, 0.4) is 0 Å². The molecule has 0 radical (unpaired) electrons. The van der Waals surface area contributed by atoms with E-state index in [2.05, 4.69) is 43.9 Å². The maximum Gasteiger partial charge on any atom is 0.414 e. The second kappa shape index (κ2) is 11.4. The molecule has 30 heavy (non-hydrogen) atoms. The Kier molecular flexibility index (Phi) is 8.90. The number of carboxylic acids is 2. The Bertz CT molecular complexity index is 888. The van der Waals surface area contributed by atoms with Crippen LogP contribution in [0.5, 0.6) is 0 Å². The Labute approximate surface area is 181 Å². The van der Waals surface area contributed by atoms with Crippen LogP contribution in [-0.4, -0.2) is 63.1 Å². The van der Waals surface area contributed by atoms with Gasteiger partial charge in [0.15, 0.2) is 0 Å². The molecule has 0 spiro atoms. The van der Waals surface area contributed by atoms with Crippen molar-refractivity contribution in [1.82, 2.24) is 9.80 Å². The van der Waals surface area contributed by atoms with Crippen molar-refractivity contribution < 1.29 is 24.7 Å². The van der Waals surface area contributed by atoms with Gasteiger partial charge >= 0.3 is 11.9 Å². The van der Waals surface area contributed by atoms with Crippen LogP contribution in [0, 0.1) is 10.1 Å². The summed E-state index contributed by atoms with van der Waals surface area (Å²) in [7, 11) is 0. The molecule has 0 aromatic heterocycles. The maximum atomic E-state index is 10.9. The topological polar surface area (TPSA) is 124 Å². The van der Waals surface area contributed by atoms with Crippen LogP contribution < -0.4 is 0 Å². The van der Waals surface area contributed by atoms with Crippen LogP contribution in [0.4, 0.5) is 5.69 Å². The van der Waals surface area contributed by atoms with E-state index in [-0.39, 0.29) is 10.6 Å². The lowest BCUT2D eigenvalue weighted by molar-refractivity contribution is -0.384. The van der Waals surface area contributed by atoms with Crippen molar-refractivity contribution >= 4 is 33.6 Å². The first-order valence-corrected chi connectivity index (χ1v) is 9.93. The number of carboxylic acid groups (broad SMARTS) is 2. The van der Waals surface area contributed by atoms with Crippen molar-refractivity contribution in [3.05, 3.63) is 74.2 Å². The quantitative estimate of drug-likeness (QED) is 0.381. The molecule has 10 heteroatoms. The number of non-ortho nitro benzene ring substituents is 1. The van der Waals surface area contributed by atoms with E-state index in [4.69, 9.17) is 19.8 Å². The maximum absolute atomic E-state index is 10.9. The average molecular weight is 480 g/mol. The Morgan fingerprint density at radius 3 is 2.03 bits per heavy atom. The molecule has 2 aromatic rings. The zero-order valence-corrected chi connectivity index (χ0v) is 17.7. The monoisotopic (exact) mass is 479 g/mol. The minimum atomic E-state index is -1.82. The zero-order valence-electron chi connectivity index (χ0n) is 16.1. The van der Waals surface area contributed by atoms with Gasteiger partial charge in [-0.05, 0) is 17.2 Å². The lowest BCUT2D eigenvalue weighted by atomic mass is 10.1. The first-order chi connectivity index (χ1) is 14.3. The number of nitro benzene ring substituents is 1. The lowest BCUT2D eigenvalue weighted by Crippen LogP contribution is -2.45. The van der Waals surface area contributed by atoms with Crippen molar-refractivity contribution in [2.24, 2.45) is 0 Å². The molecule has 0 aliphatic carbocycles. The number of carbonyl (C=O) groups is 2. The van der Waals surface area contributed by atoms with Gasteiger partial charge in [0.1, 0.15) is 0 Å². The summed E-state index contributed by atoms with van der Waals surface area (Å²) in [5, 5.41) is 25.7. The number of rotatable bonds is 5. The van der Waals surface area contributed by atoms with Crippen LogP contribution in [0.25, 0.3) is 0 Å². The third-order valence-electron chi connectivity index (χ3n) is 4.53. The summed E-state index contributed by atoms with van der Waals surface area (Å²) in [6, 6.07) is 15.3. The van der Waals surface area contributed by atoms with Crippen LogP contribution in [0.15, 0.2) is 53.0 Å². The Morgan fingerprint density at radius 1 is 0.933 bits per heavy atom. The number of hydrogen-bond donors (Lipinski definition) is 2. The van der Waals surface area contributed by atoms with E-state index in [1.807, 2.05) is 12.1 Å². The second-order valence-corrected chi connectivity index (χ2v) is 7.54. The van der Waals surface area contributed by atoms with E-state index in [9.17, 15) is 10.1 Å². The highest BCUT2D eigenvalue weighted by molar-refractivity contribution is 9.10. The van der Waals surface area contributed by atoms with Crippen molar-refractivity contribution in [3.8, 4) is 0 Å². The van der Waals surface area contributed by atoms with Crippen LogP contribution in [0.1, 0.15) is 11.1 Å². The normalized spacial score (nSPS) is 14.4. The molecule has 2 aromatic carbocycles. The van der Waals surface area contributed by atoms with Crippen LogP contribution in [0.2, 0.25) is 0 Å². The largest absolute Gasteiger partial charge is 0.473 e. The molecule has 9 nitrogen and oxygen atoms in total. The summed E-state index contributed by atoms with van der Waals surface area (Å²) in [5.41, 5.74) is 2.48. The first-order valence-electron chi connectivity index (χ1n) is 9.14. The van der Waals surface area contributed by atoms with Gasteiger partial charge in [0.25, 0.3) is 5.69 Å². The third-order valence-corrected chi connectivity index (χ3v) is 5.30. The minimum Gasteiger partial charge on any atom is -0.473 e. The average Bonchev–Trinajstić information content (AvgIpc) is 2.72. The fourth-order valence-electron chi connectivity index (χ4n) is 3.00. The Morgan fingerprint density at radius 2 is 1.50 bits per heavy atom. The molecule has 0 amide bonds. The molecule has 2 N–H and O–H groups in total. The number of benzene rings is 2. The summed E-state index contributed by atoms with van der Waals surface area (Å²) in [4.78, 5) is 33.5. The van der Waals surface area contributed by atoms with Crippen molar-refractivity contribution in [2.75, 3.05) is 26.2 Å². The SMILES string of the molecule is O=C(O)C(=O)O.O=[N+]([O-])c1cccc(CN2CCN(Cc3ccccc3Br)CC2)c1. The number of halogens is 1. The zero-order chi connectivity index (χ0) is 22.1. The van der Waals surface area contributed by atoms with Gasteiger partial charge < -0.3 is 10.2 Å². The molecular weight excluding hydrogens is 458 g/mol. The van der Waals surface area contributed by atoms with E-state index in [0.717, 1.165) is 49.3 Å². The summed E-state index contributed by atoms with van der Waals surface area (Å²) < 4.78 is 1.16. The fraction of sp³-hybridized carbons (Fsp3) is 0.300. The highest BCUT2D eigenvalue weighted by Gasteiger charge is 2.18. The summed E-state index contributed by atoms with van der Waals surface area (Å²) in [6.07, 6.45) is 0. The molecular formula is C20H22BrN3O6.